The summed E-state index contributed by atoms with van der Waals surface area (Å²) in [5.74, 6) is -2.22. The highest BCUT2D eigenvalue weighted by Gasteiger charge is 2.53. The molecule has 6 heteroatoms. The summed E-state index contributed by atoms with van der Waals surface area (Å²) in [6.07, 6.45) is 2.48. The molecule has 1 amide bonds. The Hall–Kier alpha value is -2.34. The lowest BCUT2D eigenvalue weighted by Gasteiger charge is -2.21. The Kier molecular flexibility index (Phi) is 3.39. The molecule has 2 aliphatic rings. The number of amides is 1. The second-order valence-corrected chi connectivity index (χ2v) is 5.06. The molecule has 2 N–H and O–H groups in total. The summed E-state index contributed by atoms with van der Waals surface area (Å²) in [5, 5.41) is 12.0. The van der Waals surface area contributed by atoms with Crippen molar-refractivity contribution in [3.05, 3.63) is 36.4 Å². The first-order valence-corrected chi connectivity index (χ1v) is 6.61. The van der Waals surface area contributed by atoms with Crippen LogP contribution >= 0.6 is 0 Å². The predicted molar refractivity (Wildman–Crippen MR) is 74.0 cm³/mol. The highest BCUT2D eigenvalue weighted by Crippen LogP contribution is 2.39. The number of carbonyl (C=O) groups excluding carboxylic acids is 1. The Labute approximate surface area is 121 Å². The van der Waals surface area contributed by atoms with Crippen LogP contribution in [0, 0.1) is 11.8 Å². The highest BCUT2D eigenvalue weighted by atomic mass is 16.5. The van der Waals surface area contributed by atoms with E-state index in [4.69, 9.17) is 9.47 Å². The molecule has 21 heavy (non-hydrogen) atoms. The van der Waals surface area contributed by atoms with Crippen molar-refractivity contribution in [2.24, 2.45) is 11.8 Å². The molecule has 4 atom stereocenters. The number of hydrogen-bond donors (Lipinski definition) is 2. The highest BCUT2D eigenvalue weighted by molar-refractivity contribution is 5.96. The predicted octanol–water partition coefficient (Wildman–Crippen LogP) is 1.29. The molecule has 1 saturated heterocycles. The number of carboxylic acid groups (broad SMARTS) is 1. The Morgan fingerprint density at radius 3 is 2.33 bits per heavy atom. The quantitative estimate of drug-likeness (QED) is 0.816. The molecule has 6 nitrogen and oxygen atoms in total. The van der Waals surface area contributed by atoms with Gasteiger partial charge in [0.1, 0.15) is 11.7 Å². The number of rotatable bonds is 4. The third-order valence-corrected chi connectivity index (χ3v) is 3.84. The van der Waals surface area contributed by atoms with Gasteiger partial charge in [0, 0.05) is 5.69 Å². The fourth-order valence-corrected chi connectivity index (χ4v) is 2.81. The first-order chi connectivity index (χ1) is 10.1. The van der Waals surface area contributed by atoms with Crippen molar-refractivity contribution in [2.45, 2.75) is 12.2 Å². The molecule has 3 rings (SSSR count). The van der Waals surface area contributed by atoms with Gasteiger partial charge in [-0.25, -0.2) is 0 Å². The Morgan fingerprint density at radius 2 is 1.76 bits per heavy atom. The number of benzene rings is 1. The zero-order valence-electron chi connectivity index (χ0n) is 11.4. The van der Waals surface area contributed by atoms with E-state index in [1.165, 1.54) is 0 Å². The molecular formula is C15H15NO5. The zero-order chi connectivity index (χ0) is 15.0. The van der Waals surface area contributed by atoms with Gasteiger partial charge in [-0.3, -0.25) is 9.59 Å². The first-order valence-electron chi connectivity index (χ1n) is 6.61. The molecule has 0 radical (unpaired) electrons. The Bertz CT molecular complexity index is 595. The van der Waals surface area contributed by atoms with E-state index >= 15 is 0 Å². The largest absolute Gasteiger partial charge is 0.497 e. The average Bonchev–Trinajstić information content (AvgIpc) is 3.08. The summed E-state index contributed by atoms with van der Waals surface area (Å²) in [6, 6.07) is 6.86. The van der Waals surface area contributed by atoms with Crippen molar-refractivity contribution in [1.29, 1.82) is 0 Å². The van der Waals surface area contributed by atoms with Gasteiger partial charge in [-0.2, -0.15) is 0 Å². The third-order valence-electron chi connectivity index (χ3n) is 3.84. The maximum absolute atomic E-state index is 12.4. The zero-order valence-corrected chi connectivity index (χ0v) is 11.4. The molecule has 0 unspecified atom stereocenters. The summed E-state index contributed by atoms with van der Waals surface area (Å²) in [6.45, 7) is 0. The lowest BCUT2D eigenvalue weighted by Crippen LogP contribution is -2.39. The van der Waals surface area contributed by atoms with E-state index in [9.17, 15) is 14.7 Å². The molecule has 0 aliphatic carbocycles. The molecule has 0 saturated carbocycles. The molecule has 1 fully saturated rings. The van der Waals surface area contributed by atoms with E-state index in [1.54, 1.807) is 43.5 Å². The standard InChI is InChI=1S/C15H15NO5/c1-20-9-4-2-8(3-5-9)16-14(17)12-10-6-7-11(21-10)13(12)15(18)19/h2-7,10-13H,1H3,(H,16,17)(H,18,19)/t10-,11-,12-,13-/m1/s1. The maximum Gasteiger partial charge on any atom is 0.310 e. The SMILES string of the molecule is COc1ccc(NC(=O)[C@H]2[C@H](C(=O)O)[C@H]3C=C[C@H]2O3)cc1. The fourth-order valence-electron chi connectivity index (χ4n) is 2.81. The van der Waals surface area contributed by atoms with Crippen molar-refractivity contribution in [3.8, 4) is 5.75 Å². The van der Waals surface area contributed by atoms with Gasteiger partial charge in [-0.05, 0) is 24.3 Å². The summed E-state index contributed by atoms with van der Waals surface area (Å²) in [5.41, 5.74) is 0.594. The van der Waals surface area contributed by atoms with Crippen LogP contribution in [0.3, 0.4) is 0 Å². The van der Waals surface area contributed by atoms with Crippen molar-refractivity contribution in [2.75, 3.05) is 12.4 Å². The second-order valence-electron chi connectivity index (χ2n) is 5.06. The van der Waals surface area contributed by atoms with Gasteiger partial charge in [0.05, 0.1) is 25.2 Å². The molecule has 110 valence electrons. The summed E-state index contributed by atoms with van der Waals surface area (Å²) in [4.78, 5) is 23.7. The summed E-state index contributed by atoms with van der Waals surface area (Å²) < 4.78 is 10.5. The van der Waals surface area contributed by atoms with Crippen LogP contribution < -0.4 is 10.1 Å². The number of methoxy groups -OCH3 is 1. The molecule has 2 bridgehead atoms. The van der Waals surface area contributed by atoms with E-state index in [0.717, 1.165) is 0 Å². The van der Waals surface area contributed by atoms with Gasteiger partial charge in [0.15, 0.2) is 0 Å². The van der Waals surface area contributed by atoms with Gasteiger partial charge >= 0.3 is 5.97 Å². The molecule has 2 aliphatic heterocycles. The lowest BCUT2D eigenvalue weighted by atomic mass is 9.82. The lowest BCUT2D eigenvalue weighted by molar-refractivity contribution is -0.145. The van der Waals surface area contributed by atoms with Gasteiger partial charge < -0.3 is 19.9 Å². The molecule has 0 aromatic heterocycles. The number of fused-ring (bicyclic) bond motifs is 2. The number of anilines is 1. The van der Waals surface area contributed by atoms with Crippen LogP contribution in [-0.4, -0.2) is 36.3 Å². The minimum absolute atomic E-state index is 0.343. The molecule has 1 aromatic rings. The van der Waals surface area contributed by atoms with E-state index in [-0.39, 0.29) is 5.91 Å². The van der Waals surface area contributed by atoms with Gasteiger partial charge in [0.2, 0.25) is 5.91 Å². The number of carboxylic acids is 1. The van der Waals surface area contributed by atoms with E-state index in [2.05, 4.69) is 5.32 Å². The van der Waals surface area contributed by atoms with E-state index < -0.39 is 30.0 Å². The van der Waals surface area contributed by atoms with Crippen molar-refractivity contribution < 1.29 is 24.2 Å². The van der Waals surface area contributed by atoms with Crippen LogP contribution in [0.5, 0.6) is 5.75 Å². The van der Waals surface area contributed by atoms with Crippen molar-refractivity contribution in [1.82, 2.24) is 0 Å². The number of nitrogens with one attached hydrogen (secondary N) is 1. The summed E-state index contributed by atoms with van der Waals surface area (Å²) in [7, 11) is 1.56. The Balaban J connectivity index is 1.75. The van der Waals surface area contributed by atoms with Crippen LogP contribution in [0.15, 0.2) is 36.4 Å². The normalized spacial score (nSPS) is 29.4. The topological polar surface area (TPSA) is 84.9 Å². The number of hydrogen-bond acceptors (Lipinski definition) is 4. The first kappa shape index (κ1) is 13.6. The Morgan fingerprint density at radius 1 is 1.14 bits per heavy atom. The third kappa shape index (κ3) is 2.38. The smallest absolute Gasteiger partial charge is 0.310 e. The average molecular weight is 289 g/mol. The van der Waals surface area contributed by atoms with E-state index in [1.807, 2.05) is 0 Å². The van der Waals surface area contributed by atoms with Crippen LogP contribution in [0.25, 0.3) is 0 Å². The maximum atomic E-state index is 12.4. The molecular weight excluding hydrogens is 274 g/mol. The van der Waals surface area contributed by atoms with Crippen LogP contribution in [0.4, 0.5) is 5.69 Å². The van der Waals surface area contributed by atoms with Gasteiger partial charge in [-0.15, -0.1) is 0 Å². The minimum atomic E-state index is -1.01. The van der Waals surface area contributed by atoms with Crippen molar-refractivity contribution >= 4 is 17.6 Å². The minimum Gasteiger partial charge on any atom is -0.497 e. The van der Waals surface area contributed by atoms with Crippen LogP contribution in [-0.2, 0) is 14.3 Å². The van der Waals surface area contributed by atoms with Crippen molar-refractivity contribution in [3.63, 3.8) is 0 Å². The number of ether oxygens (including phenoxy) is 2. The molecule has 0 spiro atoms. The van der Waals surface area contributed by atoms with Gasteiger partial charge in [-0.1, -0.05) is 12.2 Å². The van der Waals surface area contributed by atoms with Gasteiger partial charge in [0.25, 0.3) is 0 Å². The number of carbonyl (C=O) groups is 2. The monoisotopic (exact) mass is 289 g/mol. The molecule has 2 heterocycles. The molecule has 1 aromatic carbocycles. The van der Waals surface area contributed by atoms with Crippen LogP contribution in [0.1, 0.15) is 0 Å². The second kappa shape index (κ2) is 5.21. The fraction of sp³-hybridized carbons (Fsp3) is 0.333. The van der Waals surface area contributed by atoms with Crippen LogP contribution in [0.2, 0.25) is 0 Å². The summed E-state index contributed by atoms with van der Waals surface area (Å²) >= 11 is 0. The number of aliphatic carboxylic acids is 1. The van der Waals surface area contributed by atoms with E-state index in [0.29, 0.717) is 11.4 Å².